The van der Waals surface area contributed by atoms with Gasteiger partial charge in [-0.2, -0.15) is 0 Å². The number of rotatable bonds is 12. The molecule has 3 heteroatoms. The van der Waals surface area contributed by atoms with Crippen molar-refractivity contribution in [3.63, 3.8) is 0 Å². The zero-order chi connectivity index (χ0) is 70.9. The quantitative estimate of drug-likeness (QED) is 0.112. The van der Waals surface area contributed by atoms with Crippen LogP contribution >= 0.6 is 0 Å². The van der Waals surface area contributed by atoms with Crippen molar-refractivity contribution < 1.29 is 4.79 Å². The number of ketones is 1. The average molecular weight is 1350 g/mol. The zero-order valence-corrected chi connectivity index (χ0v) is 59.4. The third kappa shape index (κ3) is 10.3. The van der Waals surface area contributed by atoms with Gasteiger partial charge in [0.05, 0.1) is 22.1 Å². The number of aromatic nitrogens is 2. The van der Waals surface area contributed by atoms with Gasteiger partial charge in [-0.25, -0.2) is 0 Å². The molecular formula is C103H72N2O. The molecule has 3 nitrogen and oxygen atoms in total. The van der Waals surface area contributed by atoms with Crippen LogP contribution in [0.2, 0.25) is 0 Å². The lowest BCUT2D eigenvalue weighted by Gasteiger charge is -2.21. The molecule has 2 aromatic heterocycles. The van der Waals surface area contributed by atoms with E-state index < -0.39 is 0 Å². The Morgan fingerprint density at radius 3 is 0.840 bits per heavy atom. The highest BCUT2D eigenvalue weighted by Crippen LogP contribution is 2.54. The average Bonchev–Trinajstić information content (AvgIpc) is 1.55. The molecule has 0 saturated carbocycles. The van der Waals surface area contributed by atoms with E-state index >= 15 is 4.79 Å². The monoisotopic (exact) mass is 1350 g/mol. The fourth-order valence-electron chi connectivity index (χ4n) is 17.6. The smallest absolute Gasteiger partial charge is 0.193 e. The number of carbonyl (C=O) groups excluding carboxylic acids is 1. The third-order valence-electron chi connectivity index (χ3n) is 23.0. The predicted molar refractivity (Wildman–Crippen MR) is 444 cm³/mol. The maximum Gasteiger partial charge on any atom is 0.193 e. The van der Waals surface area contributed by atoms with Crippen molar-refractivity contribution in [3.8, 4) is 123 Å². The number of benzene rings is 16. The summed E-state index contributed by atoms with van der Waals surface area (Å²) in [5.74, 6) is -0.0231. The lowest BCUT2D eigenvalue weighted by atomic mass is 9.82. The van der Waals surface area contributed by atoms with Gasteiger partial charge in [0.1, 0.15) is 0 Å². The molecule has 2 aliphatic rings. The normalized spacial score (nSPS) is 13.1. The first-order chi connectivity index (χ1) is 51.9. The molecule has 0 saturated heterocycles. The summed E-state index contributed by atoms with van der Waals surface area (Å²) in [6.45, 7) is 9.41. The summed E-state index contributed by atoms with van der Waals surface area (Å²) >= 11 is 0. The van der Waals surface area contributed by atoms with Gasteiger partial charge in [-0.05, 0) is 267 Å². The Balaban J connectivity index is 0.705. The van der Waals surface area contributed by atoms with Crippen LogP contribution in [0, 0.1) is 0 Å². The molecule has 106 heavy (non-hydrogen) atoms. The van der Waals surface area contributed by atoms with E-state index in [9.17, 15) is 0 Å². The van der Waals surface area contributed by atoms with Gasteiger partial charge in [-0.3, -0.25) is 4.79 Å². The second-order valence-electron chi connectivity index (χ2n) is 30.0. The highest BCUT2D eigenvalue weighted by molar-refractivity contribution is 6.19. The number of carbonyl (C=O) groups is 1. The minimum Gasteiger partial charge on any atom is -0.309 e. The molecule has 20 rings (SSSR count). The standard InChI is InChI=1S/C103H72N2O/c1-102(2)93-43-19-17-41-85(93)87-61-91-89-59-75(45-47-97(89)104(99(91)63-95(87)102)83-39-23-37-73(57-83)69-33-21-35-71(49-69)81-53-77(65-25-9-5-10-26-65)51-78(54-81)66-27-11-6-12-28-66)101(106)76-46-48-98-90(60-76)92-62-88-86-42-18-20-44-94(86)103(3,4)96(88)64-100(92)105(98)84-40-24-38-74(58-84)70-34-22-36-72(50-70)82-55-79(67-29-13-7-14-30-67)52-80(56-82)68-31-15-8-16-32-68/h5-64H,1-4H3. The van der Waals surface area contributed by atoms with E-state index in [2.05, 4.69) is 401 Å². The summed E-state index contributed by atoms with van der Waals surface area (Å²) in [5, 5.41) is 4.27. The van der Waals surface area contributed by atoms with Crippen LogP contribution in [0.4, 0.5) is 0 Å². The Kier molecular flexibility index (Phi) is 14.4. The molecule has 0 spiro atoms. The van der Waals surface area contributed by atoms with Crippen LogP contribution in [-0.4, -0.2) is 14.9 Å². The Morgan fingerprint density at radius 1 is 0.208 bits per heavy atom. The van der Waals surface area contributed by atoms with Crippen molar-refractivity contribution >= 4 is 49.4 Å². The molecule has 2 aliphatic carbocycles. The molecule has 2 heterocycles. The first-order valence-corrected chi connectivity index (χ1v) is 36.9. The largest absolute Gasteiger partial charge is 0.309 e. The Bertz CT molecular complexity index is 6110. The number of hydrogen-bond donors (Lipinski definition) is 0. The topological polar surface area (TPSA) is 26.9 Å². The maximum atomic E-state index is 15.8. The highest BCUT2D eigenvalue weighted by Gasteiger charge is 2.38. The van der Waals surface area contributed by atoms with Crippen LogP contribution in [0.5, 0.6) is 0 Å². The van der Waals surface area contributed by atoms with Crippen LogP contribution in [0.25, 0.3) is 166 Å². The van der Waals surface area contributed by atoms with Gasteiger partial charge >= 0.3 is 0 Å². The van der Waals surface area contributed by atoms with Crippen molar-refractivity contribution in [1.82, 2.24) is 9.13 Å². The van der Waals surface area contributed by atoms with E-state index in [4.69, 9.17) is 0 Å². The SMILES string of the molecule is CC1(C)c2ccccc2-c2cc3c4cc(C(=O)c5ccc6c(c5)c5cc7c(cc5n6-c5cccc(-c6cccc(-c8cc(-c9ccccc9)cc(-c9ccccc9)c8)c6)c5)C(C)(C)c5ccccc5-7)ccc4n(-c4cccc(-c5cccc(-c6cc(-c7ccccc7)cc(-c7ccccc7)c6)c5)c4)c3cc21. The molecule has 0 radical (unpaired) electrons. The predicted octanol–water partition coefficient (Wildman–Crippen LogP) is 27.1. The number of fused-ring (bicyclic) bond motifs is 12. The molecule has 0 amide bonds. The number of nitrogens with zero attached hydrogens (tertiary/aromatic N) is 2. The van der Waals surface area contributed by atoms with Crippen molar-refractivity contribution in [2.75, 3.05) is 0 Å². The first kappa shape index (κ1) is 62.6. The Labute approximate surface area is 617 Å². The minimum absolute atomic E-state index is 0.0231. The molecule has 0 fully saturated rings. The summed E-state index contributed by atoms with van der Waals surface area (Å²) in [6, 6.07) is 133. The van der Waals surface area contributed by atoms with Crippen molar-refractivity contribution in [2.24, 2.45) is 0 Å². The first-order valence-electron chi connectivity index (χ1n) is 36.9. The van der Waals surface area contributed by atoms with Crippen LogP contribution in [-0.2, 0) is 10.8 Å². The van der Waals surface area contributed by atoms with E-state index in [1.165, 1.54) is 89.0 Å². The molecule has 16 aromatic carbocycles. The summed E-state index contributed by atoms with van der Waals surface area (Å²) in [4.78, 5) is 15.8. The maximum absolute atomic E-state index is 15.8. The molecular weight excluding hydrogens is 1280 g/mol. The molecule has 0 bridgehead atoms. The molecule has 0 unspecified atom stereocenters. The summed E-state index contributed by atoms with van der Waals surface area (Å²) in [6.07, 6.45) is 0. The van der Waals surface area contributed by atoms with Crippen molar-refractivity contribution in [3.05, 3.63) is 397 Å². The lowest BCUT2D eigenvalue weighted by molar-refractivity contribution is 0.103. The van der Waals surface area contributed by atoms with E-state index in [1.807, 2.05) is 0 Å². The van der Waals surface area contributed by atoms with Gasteiger partial charge in [0, 0.05) is 54.9 Å². The van der Waals surface area contributed by atoms with Gasteiger partial charge in [0.25, 0.3) is 0 Å². The van der Waals surface area contributed by atoms with E-state index in [1.54, 1.807) is 0 Å². The fourth-order valence-corrected chi connectivity index (χ4v) is 17.6. The van der Waals surface area contributed by atoms with Gasteiger partial charge in [0.15, 0.2) is 5.78 Å². The summed E-state index contributed by atoms with van der Waals surface area (Å²) < 4.78 is 4.86. The van der Waals surface area contributed by atoms with Gasteiger partial charge < -0.3 is 9.13 Å². The van der Waals surface area contributed by atoms with Gasteiger partial charge in [-0.1, -0.05) is 258 Å². The van der Waals surface area contributed by atoms with Crippen LogP contribution in [0.1, 0.15) is 65.9 Å². The molecule has 0 aliphatic heterocycles. The summed E-state index contributed by atoms with van der Waals surface area (Å²) in [5.41, 5.74) is 36.0. The van der Waals surface area contributed by atoms with E-state index in [-0.39, 0.29) is 16.6 Å². The highest BCUT2D eigenvalue weighted by atomic mass is 16.1. The molecule has 500 valence electrons. The third-order valence-corrected chi connectivity index (χ3v) is 23.0. The molecule has 0 atom stereocenters. The second-order valence-corrected chi connectivity index (χ2v) is 30.0. The minimum atomic E-state index is -0.232. The van der Waals surface area contributed by atoms with Crippen LogP contribution < -0.4 is 0 Å². The Hall–Kier alpha value is -13.2. The zero-order valence-electron chi connectivity index (χ0n) is 59.4. The molecule has 0 N–H and O–H groups in total. The van der Waals surface area contributed by atoms with Gasteiger partial charge in [0.2, 0.25) is 0 Å². The number of hydrogen-bond acceptors (Lipinski definition) is 1. The Morgan fingerprint density at radius 2 is 0.481 bits per heavy atom. The van der Waals surface area contributed by atoms with E-state index in [0.29, 0.717) is 11.1 Å². The van der Waals surface area contributed by atoms with E-state index in [0.717, 1.165) is 99.5 Å². The lowest BCUT2D eigenvalue weighted by Crippen LogP contribution is -2.14. The van der Waals surface area contributed by atoms with Crippen molar-refractivity contribution in [1.29, 1.82) is 0 Å². The van der Waals surface area contributed by atoms with Crippen molar-refractivity contribution in [2.45, 2.75) is 38.5 Å². The van der Waals surface area contributed by atoms with Crippen LogP contribution in [0.3, 0.4) is 0 Å². The van der Waals surface area contributed by atoms with Crippen LogP contribution in [0.15, 0.2) is 364 Å². The second kappa shape index (κ2) is 24.5. The summed E-state index contributed by atoms with van der Waals surface area (Å²) in [7, 11) is 0. The fraction of sp³-hybridized carbons (Fsp3) is 0.0583. The molecule has 18 aromatic rings. The van der Waals surface area contributed by atoms with Gasteiger partial charge in [-0.15, -0.1) is 0 Å².